The minimum atomic E-state index is -0.735. The summed E-state index contributed by atoms with van der Waals surface area (Å²) in [4.78, 5) is 22.2. The summed E-state index contributed by atoms with van der Waals surface area (Å²) in [5.74, 6) is 1.15. The molecule has 0 aromatic heterocycles. The fourth-order valence-electron chi connectivity index (χ4n) is 3.29. The van der Waals surface area contributed by atoms with Crippen LogP contribution in [0.25, 0.3) is 0 Å². The lowest BCUT2D eigenvalue weighted by Gasteiger charge is -2.04. The molecule has 2 unspecified atom stereocenters. The molecule has 18 heavy (non-hydrogen) atoms. The molecule has 2 aliphatic rings. The first-order valence-electron chi connectivity index (χ1n) is 7.19. The van der Waals surface area contributed by atoms with Gasteiger partial charge in [0.15, 0.2) is 0 Å². The maximum atomic E-state index is 11.9. The normalized spacial score (nSPS) is 29.4. The van der Waals surface area contributed by atoms with Crippen molar-refractivity contribution < 1.29 is 14.7 Å². The molecule has 2 N–H and O–H groups in total. The van der Waals surface area contributed by atoms with Gasteiger partial charge in [-0.1, -0.05) is 19.3 Å². The Morgan fingerprint density at radius 2 is 1.72 bits per heavy atom. The van der Waals surface area contributed by atoms with Gasteiger partial charge in [-0.15, -0.1) is 0 Å². The Labute approximate surface area is 108 Å². The van der Waals surface area contributed by atoms with Gasteiger partial charge in [0.25, 0.3) is 0 Å². The second kappa shape index (κ2) is 6.21. The van der Waals surface area contributed by atoms with E-state index in [4.69, 9.17) is 5.11 Å². The summed E-state index contributed by atoms with van der Waals surface area (Å²) in [5, 5.41) is 11.5. The number of carboxylic acids is 1. The monoisotopic (exact) mass is 253 g/mol. The van der Waals surface area contributed by atoms with Crippen LogP contribution in [0.3, 0.4) is 0 Å². The maximum Gasteiger partial charge on any atom is 0.303 e. The van der Waals surface area contributed by atoms with E-state index in [1.54, 1.807) is 0 Å². The lowest BCUT2D eigenvalue weighted by Crippen LogP contribution is -2.27. The van der Waals surface area contributed by atoms with E-state index >= 15 is 0 Å². The number of unbranched alkanes of at least 4 members (excludes halogenated alkanes) is 2. The highest BCUT2D eigenvalue weighted by Crippen LogP contribution is 2.55. The third-order valence-corrected chi connectivity index (χ3v) is 4.33. The summed E-state index contributed by atoms with van der Waals surface area (Å²) >= 11 is 0. The predicted molar refractivity (Wildman–Crippen MR) is 68.1 cm³/mol. The molecule has 0 radical (unpaired) electrons. The van der Waals surface area contributed by atoms with Crippen LogP contribution in [0.2, 0.25) is 0 Å². The molecular weight excluding hydrogens is 230 g/mol. The van der Waals surface area contributed by atoms with Crippen LogP contribution < -0.4 is 5.32 Å². The van der Waals surface area contributed by atoms with Gasteiger partial charge in [0.2, 0.25) is 5.91 Å². The standard InChI is InChI=1S/C14H23NO3/c16-12(17)8-2-1-5-9-15-14(18)13-10-6-3-4-7-11(10)13/h10-11,13H,1-9H2,(H,15,18)(H,16,17). The second-order valence-electron chi connectivity index (χ2n) is 5.63. The molecule has 0 aromatic rings. The van der Waals surface area contributed by atoms with Gasteiger partial charge >= 0.3 is 5.97 Å². The molecule has 2 fully saturated rings. The minimum Gasteiger partial charge on any atom is -0.481 e. The van der Waals surface area contributed by atoms with Gasteiger partial charge in [0.05, 0.1) is 0 Å². The van der Waals surface area contributed by atoms with E-state index < -0.39 is 5.97 Å². The lowest BCUT2D eigenvalue weighted by atomic mass is 10.0. The van der Waals surface area contributed by atoms with Gasteiger partial charge in [-0.25, -0.2) is 0 Å². The highest BCUT2D eigenvalue weighted by Gasteiger charge is 2.54. The number of carboxylic acid groups (broad SMARTS) is 1. The summed E-state index contributed by atoms with van der Waals surface area (Å²) in [6.45, 7) is 0.703. The van der Waals surface area contributed by atoms with Crippen LogP contribution >= 0.6 is 0 Å². The van der Waals surface area contributed by atoms with Crippen molar-refractivity contribution in [2.24, 2.45) is 17.8 Å². The number of carbonyl (C=O) groups is 2. The van der Waals surface area contributed by atoms with Crippen molar-refractivity contribution in [1.29, 1.82) is 0 Å². The molecule has 0 bridgehead atoms. The summed E-state index contributed by atoms with van der Waals surface area (Å²) in [5.41, 5.74) is 0. The SMILES string of the molecule is O=C(O)CCCCCNC(=O)C1C2CCCCC21. The molecule has 2 rings (SSSR count). The average Bonchev–Trinajstić information content (AvgIpc) is 3.07. The van der Waals surface area contributed by atoms with Gasteiger partial charge in [-0.05, 0) is 37.5 Å². The van der Waals surface area contributed by atoms with Crippen LogP contribution in [0, 0.1) is 17.8 Å². The van der Waals surface area contributed by atoms with Crippen molar-refractivity contribution in [2.75, 3.05) is 6.54 Å². The second-order valence-corrected chi connectivity index (χ2v) is 5.63. The van der Waals surface area contributed by atoms with Crippen LogP contribution in [0.1, 0.15) is 51.4 Å². The summed E-state index contributed by atoms with van der Waals surface area (Å²) in [6.07, 6.45) is 7.77. The molecule has 102 valence electrons. The summed E-state index contributed by atoms with van der Waals surface area (Å²) in [7, 11) is 0. The third-order valence-electron chi connectivity index (χ3n) is 4.33. The zero-order valence-electron chi connectivity index (χ0n) is 10.9. The molecule has 1 amide bonds. The van der Waals surface area contributed by atoms with Crippen LogP contribution in [-0.2, 0) is 9.59 Å². The largest absolute Gasteiger partial charge is 0.481 e. The fraction of sp³-hybridized carbons (Fsp3) is 0.857. The number of rotatable bonds is 7. The number of hydrogen-bond acceptors (Lipinski definition) is 2. The molecule has 2 saturated carbocycles. The predicted octanol–water partition coefficient (Wildman–Crippen LogP) is 2.18. The van der Waals surface area contributed by atoms with Gasteiger partial charge in [-0.2, -0.15) is 0 Å². The van der Waals surface area contributed by atoms with Crippen molar-refractivity contribution in [2.45, 2.75) is 51.4 Å². The molecule has 0 aromatic carbocycles. The molecule has 0 aliphatic heterocycles. The van der Waals surface area contributed by atoms with Crippen molar-refractivity contribution in [3.8, 4) is 0 Å². The van der Waals surface area contributed by atoms with Crippen molar-refractivity contribution in [1.82, 2.24) is 5.32 Å². The molecule has 2 aliphatic carbocycles. The van der Waals surface area contributed by atoms with E-state index in [9.17, 15) is 9.59 Å². The zero-order chi connectivity index (χ0) is 13.0. The van der Waals surface area contributed by atoms with E-state index in [0.29, 0.717) is 30.7 Å². The van der Waals surface area contributed by atoms with Gasteiger partial charge in [0.1, 0.15) is 0 Å². The molecule has 0 spiro atoms. The number of aliphatic carboxylic acids is 1. The molecule has 4 nitrogen and oxygen atoms in total. The first kappa shape index (κ1) is 13.4. The summed E-state index contributed by atoms with van der Waals surface area (Å²) < 4.78 is 0. The van der Waals surface area contributed by atoms with Gasteiger partial charge in [0, 0.05) is 18.9 Å². The quantitative estimate of drug-likeness (QED) is 0.683. The number of hydrogen-bond donors (Lipinski definition) is 2. The van der Waals surface area contributed by atoms with E-state index in [1.165, 1.54) is 25.7 Å². The molecule has 0 saturated heterocycles. The third kappa shape index (κ3) is 3.47. The van der Waals surface area contributed by atoms with E-state index in [1.807, 2.05) is 0 Å². The average molecular weight is 253 g/mol. The maximum absolute atomic E-state index is 11.9. The van der Waals surface area contributed by atoms with Crippen LogP contribution in [-0.4, -0.2) is 23.5 Å². The van der Waals surface area contributed by atoms with Crippen LogP contribution in [0.4, 0.5) is 0 Å². The Morgan fingerprint density at radius 1 is 1.06 bits per heavy atom. The molecule has 2 atom stereocenters. The van der Waals surface area contributed by atoms with Crippen LogP contribution in [0.5, 0.6) is 0 Å². The van der Waals surface area contributed by atoms with Crippen LogP contribution in [0.15, 0.2) is 0 Å². The number of fused-ring (bicyclic) bond motifs is 1. The topological polar surface area (TPSA) is 66.4 Å². The molecule has 0 heterocycles. The number of carbonyl (C=O) groups excluding carboxylic acids is 1. The minimum absolute atomic E-state index is 0.237. The zero-order valence-corrected chi connectivity index (χ0v) is 10.9. The lowest BCUT2D eigenvalue weighted by molar-refractivity contribution is -0.137. The molecule has 4 heteroatoms. The highest BCUT2D eigenvalue weighted by molar-refractivity contribution is 5.82. The van der Waals surface area contributed by atoms with E-state index in [2.05, 4.69) is 5.32 Å². The van der Waals surface area contributed by atoms with Crippen molar-refractivity contribution >= 4 is 11.9 Å². The Bertz CT molecular complexity index is 304. The Balaban J connectivity index is 1.52. The number of nitrogens with one attached hydrogen (secondary N) is 1. The van der Waals surface area contributed by atoms with Crippen molar-refractivity contribution in [3.05, 3.63) is 0 Å². The van der Waals surface area contributed by atoms with Crippen molar-refractivity contribution in [3.63, 3.8) is 0 Å². The van der Waals surface area contributed by atoms with Gasteiger partial charge in [-0.3, -0.25) is 9.59 Å². The Kier molecular flexibility index (Phi) is 4.61. The van der Waals surface area contributed by atoms with E-state index in [-0.39, 0.29) is 12.3 Å². The molecular formula is C14H23NO3. The first-order chi connectivity index (χ1) is 8.70. The highest BCUT2D eigenvalue weighted by atomic mass is 16.4. The van der Waals surface area contributed by atoms with Gasteiger partial charge < -0.3 is 10.4 Å². The Morgan fingerprint density at radius 3 is 2.33 bits per heavy atom. The fourth-order valence-corrected chi connectivity index (χ4v) is 3.29. The van der Waals surface area contributed by atoms with E-state index in [0.717, 1.165) is 12.8 Å². The first-order valence-corrected chi connectivity index (χ1v) is 7.19. The Hall–Kier alpha value is -1.06. The summed E-state index contributed by atoms with van der Waals surface area (Å²) in [6, 6.07) is 0. The smallest absolute Gasteiger partial charge is 0.303 e. The number of amides is 1.